The summed E-state index contributed by atoms with van der Waals surface area (Å²) in [6, 6.07) is 0. The number of hydrogen-bond acceptors (Lipinski definition) is 6. The van der Waals surface area contributed by atoms with Crippen molar-refractivity contribution in [2.24, 2.45) is 0 Å². The van der Waals surface area contributed by atoms with Gasteiger partial charge in [-0.25, -0.2) is 4.79 Å². The molecule has 1 amide bonds. The first-order valence-corrected chi connectivity index (χ1v) is 9.45. The Balaban J connectivity index is 2.05. The molecule has 2 rings (SSSR count). The van der Waals surface area contributed by atoms with Gasteiger partial charge in [0.1, 0.15) is 23.7 Å². The van der Waals surface area contributed by atoms with Crippen LogP contribution in [0.15, 0.2) is 11.6 Å². The quantitative estimate of drug-likeness (QED) is 0.441. The largest absolute Gasteiger partial charge is 0.507 e. The molecule has 0 spiro atoms. The Morgan fingerprint density at radius 1 is 1.39 bits per heavy atom. The lowest BCUT2D eigenvalue weighted by Crippen LogP contribution is -2.26. The summed E-state index contributed by atoms with van der Waals surface area (Å²) in [5, 5.41) is 22.6. The van der Waals surface area contributed by atoms with E-state index < -0.39 is 12.1 Å². The van der Waals surface area contributed by atoms with Crippen LogP contribution in [0.3, 0.4) is 0 Å². The number of amides is 1. The molecule has 3 N–H and O–H groups in total. The average Bonchev–Trinajstić information content (AvgIpc) is 3.03. The summed E-state index contributed by atoms with van der Waals surface area (Å²) >= 11 is 0. The van der Waals surface area contributed by atoms with Gasteiger partial charge in [0, 0.05) is 24.1 Å². The number of carbonyl (C=O) groups is 2. The summed E-state index contributed by atoms with van der Waals surface area (Å²) in [7, 11) is 1.53. The van der Waals surface area contributed by atoms with Crippen molar-refractivity contribution < 1.29 is 29.3 Å². The number of ether oxygens (including phenoxy) is 2. The lowest BCUT2D eigenvalue weighted by atomic mass is 9.94. The molecule has 1 aliphatic rings. The third kappa shape index (κ3) is 5.04. The number of aromatic hydroxyl groups is 1. The third-order valence-electron chi connectivity index (χ3n) is 4.93. The van der Waals surface area contributed by atoms with Crippen LogP contribution in [-0.2, 0) is 22.6 Å². The minimum atomic E-state index is -0.519. The maximum Gasteiger partial charge on any atom is 0.342 e. The fourth-order valence-corrected chi connectivity index (χ4v) is 3.23. The highest BCUT2D eigenvalue weighted by atomic mass is 16.5. The number of cyclic esters (lactones) is 1. The van der Waals surface area contributed by atoms with E-state index in [0.717, 1.165) is 11.1 Å². The van der Waals surface area contributed by atoms with E-state index in [0.29, 0.717) is 49.1 Å². The van der Waals surface area contributed by atoms with E-state index in [2.05, 4.69) is 5.32 Å². The molecule has 0 aromatic heterocycles. The second-order valence-corrected chi connectivity index (χ2v) is 7.16. The van der Waals surface area contributed by atoms with Gasteiger partial charge in [-0.1, -0.05) is 11.6 Å². The molecule has 1 heterocycles. The maximum atomic E-state index is 11.9. The summed E-state index contributed by atoms with van der Waals surface area (Å²) in [5.41, 5.74) is 3.21. The van der Waals surface area contributed by atoms with Gasteiger partial charge in [0.2, 0.25) is 5.91 Å². The van der Waals surface area contributed by atoms with Gasteiger partial charge >= 0.3 is 5.97 Å². The predicted molar refractivity (Wildman–Crippen MR) is 105 cm³/mol. The minimum Gasteiger partial charge on any atom is -0.507 e. The second kappa shape index (κ2) is 9.59. The smallest absolute Gasteiger partial charge is 0.342 e. The van der Waals surface area contributed by atoms with Crippen molar-refractivity contribution in [1.82, 2.24) is 5.32 Å². The van der Waals surface area contributed by atoms with E-state index in [-0.39, 0.29) is 23.8 Å². The van der Waals surface area contributed by atoms with E-state index in [1.165, 1.54) is 7.11 Å². The Kier molecular flexibility index (Phi) is 7.45. The molecular weight excluding hydrogens is 362 g/mol. The van der Waals surface area contributed by atoms with E-state index in [1.54, 1.807) is 6.92 Å². The summed E-state index contributed by atoms with van der Waals surface area (Å²) < 4.78 is 10.5. The first-order chi connectivity index (χ1) is 13.3. The van der Waals surface area contributed by atoms with E-state index in [4.69, 9.17) is 9.47 Å². The topological polar surface area (TPSA) is 105 Å². The number of hydrogen-bond donors (Lipinski definition) is 3. The van der Waals surface area contributed by atoms with Crippen LogP contribution in [0, 0.1) is 6.92 Å². The number of phenols is 1. The molecule has 28 heavy (non-hydrogen) atoms. The number of aliphatic hydroxyl groups excluding tert-OH is 1. The molecule has 1 aromatic rings. The molecule has 0 radical (unpaired) electrons. The first-order valence-electron chi connectivity index (χ1n) is 9.45. The average molecular weight is 391 g/mol. The van der Waals surface area contributed by atoms with Gasteiger partial charge in [-0.05, 0) is 45.6 Å². The molecular formula is C21H29NO6. The Morgan fingerprint density at radius 2 is 2.11 bits per heavy atom. The standard InChI is InChI=1S/C21H29NO6/c1-12(6-8-17(24)22-10-9-13(2)23)5-7-15-19(25)18-16(11-28-21(18)26)14(3)20(15)27-4/h5,13,23,25H,6-11H2,1-4H3,(H,22,24). The first kappa shape index (κ1) is 21.8. The van der Waals surface area contributed by atoms with Crippen LogP contribution in [0.25, 0.3) is 0 Å². The fourth-order valence-electron chi connectivity index (χ4n) is 3.23. The molecule has 1 aromatic carbocycles. The van der Waals surface area contributed by atoms with Crippen molar-refractivity contribution in [3.05, 3.63) is 33.9 Å². The molecule has 7 heteroatoms. The number of rotatable bonds is 9. The highest BCUT2D eigenvalue weighted by molar-refractivity contribution is 5.98. The number of carbonyl (C=O) groups excluding carboxylic acids is 2. The number of nitrogens with one attached hydrogen (secondary N) is 1. The molecule has 0 bridgehead atoms. The van der Waals surface area contributed by atoms with Crippen molar-refractivity contribution in [3.8, 4) is 11.5 Å². The molecule has 0 saturated carbocycles. The zero-order valence-electron chi connectivity index (χ0n) is 16.9. The normalized spacial score (nSPS) is 14.5. The van der Waals surface area contributed by atoms with Gasteiger partial charge < -0.3 is 25.0 Å². The summed E-state index contributed by atoms with van der Waals surface area (Å²) in [4.78, 5) is 23.8. The predicted octanol–water partition coefficient (Wildman–Crippen LogP) is 2.54. The van der Waals surface area contributed by atoms with Crippen LogP contribution in [-0.4, -0.2) is 41.8 Å². The Hall–Kier alpha value is -2.54. The van der Waals surface area contributed by atoms with Gasteiger partial charge in [0.05, 0.1) is 13.2 Å². The minimum absolute atomic E-state index is 0.0649. The third-order valence-corrected chi connectivity index (χ3v) is 4.93. The van der Waals surface area contributed by atoms with Crippen molar-refractivity contribution in [2.75, 3.05) is 13.7 Å². The summed E-state index contributed by atoms with van der Waals surface area (Å²) in [6.45, 7) is 6.04. The highest BCUT2D eigenvalue weighted by Crippen LogP contribution is 2.42. The van der Waals surface area contributed by atoms with Gasteiger partial charge in [0.15, 0.2) is 0 Å². The van der Waals surface area contributed by atoms with Crippen LogP contribution in [0.4, 0.5) is 0 Å². The van der Waals surface area contributed by atoms with Crippen LogP contribution in [0.1, 0.15) is 60.2 Å². The molecule has 0 aliphatic carbocycles. The molecule has 154 valence electrons. The van der Waals surface area contributed by atoms with Gasteiger partial charge in [-0.2, -0.15) is 0 Å². The van der Waals surface area contributed by atoms with Crippen molar-refractivity contribution >= 4 is 11.9 Å². The zero-order chi connectivity index (χ0) is 20.8. The number of allylic oxidation sites excluding steroid dienone is 2. The Bertz CT molecular complexity index is 782. The number of phenolic OH excluding ortho intramolecular Hbond substituents is 1. The Morgan fingerprint density at radius 3 is 2.75 bits per heavy atom. The monoisotopic (exact) mass is 391 g/mol. The Labute approximate surface area is 165 Å². The van der Waals surface area contributed by atoms with Crippen LogP contribution in [0.5, 0.6) is 11.5 Å². The maximum absolute atomic E-state index is 11.9. The van der Waals surface area contributed by atoms with Gasteiger partial charge in [-0.15, -0.1) is 0 Å². The molecule has 1 unspecified atom stereocenters. The number of fused-ring (bicyclic) bond motifs is 1. The lowest BCUT2D eigenvalue weighted by molar-refractivity contribution is -0.121. The number of benzene rings is 1. The summed E-state index contributed by atoms with van der Waals surface area (Å²) in [5.74, 6) is -0.131. The highest BCUT2D eigenvalue weighted by Gasteiger charge is 2.31. The van der Waals surface area contributed by atoms with Crippen LogP contribution in [0.2, 0.25) is 0 Å². The number of esters is 1. The van der Waals surface area contributed by atoms with E-state index in [1.807, 2.05) is 19.9 Å². The molecule has 1 atom stereocenters. The summed E-state index contributed by atoms with van der Waals surface area (Å²) in [6.07, 6.45) is 3.33. The van der Waals surface area contributed by atoms with Gasteiger partial charge in [0.25, 0.3) is 0 Å². The molecule has 7 nitrogen and oxygen atoms in total. The van der Waals surface area contributed by atoms with E-state index >= 15 is 0 Å². The number of aliphatic hydroxyl groups is 1. The second-order valence-electron chi connectivity index (χ2n) is 7.16. The van der Waals surface area contributed by atoms with Crippen molar-refractivity contribution in [2.45, 2.75) is 59.2 Å². The number of methoxy groups -OCH3 is 1. The van der Waals surface area contributed by atoms with Crippen molar-refractivity contribution in [3.63, 3.8) is 0 Å². The zero-order valence-corrected chi connectivity index (χ0v) is 16.9. The fraction of sp³-hybridized carbons (Fsp3) is 0.524. The molecule has 0 saturated heterocycles. The van der Waals surface area contributed by atoms with E-state index in [9.17, 15) is 19.8 Å². The SMILES string of the molecule is COc1c(C)c2c(c(O)c1CC=C(C)CCC(=O)NCCC(C)O)C(=O)OC2. The van der Waals surface area contributed by atoms with Crippen LogP contribution >= 0.6 is 0 Å². The van der Waals surface area contributed by atoms with Crippen LogP contribution < -0.4 is 10.1 Å². The molecule has 0 fully saturated rings. The van der Waals surface area contributed by atoms with Crippen molar-refractivity contribution in [1.29, 1.82) is 0 Å². The lowest BCUT2D eigenvalue weighted by Gasteiger charge is -2.15. The molecule has 1 aliphatic heterocycles. The van der Waals surface area contributed by atoms with Gasteiger partial charge in [-0.3, -0.25) is 4.79 Å².